The molecule has 6 heteroatoms. The maximum absolute atomic E-state index is 12.5. The molecule has 1 N–H and O–H groups in total. The van der Waals surface area contributed by atoms with E-state index in [1.165, 1.54) is 0 Å². The molecule has 5 rings (SSSR count). The van der Waals surface area contributed by atoms with Crippen LogP contribution in [0.5, 0.6) is 5.75 Å². The third-order valence-corrected chi connectivity index (χ3v) is 5.13. The Morgan fingerprint density at radius 1 is 0.862 bits per heavy atom. The Hall–Kier alpha value is -3.93. The van der Waals surface area contributed by atoms with Crippen molar-refractivity contribution in [1.82, 2.24) is 15.1 Å². The number of nitrogens with one attached hydrogen (secondary N) is 1. The Balaban J connectivity index is 1.36. The van der Waals surface area contributed by atoms with E-state index in [4.69, 9.17) is 4.74 Å². The summed E-state index contributed by atoms with van der Waals surface area (Å²) in [5, 5.41) is 8.09. The molecule has 1 aliphatic rings. The molecule has 2 heterocycles. The molecule has 0 bridgehead atoms. The van der Waals surface area contributed by atoms with Gasteiger partial charge in [0.1, 0.15) is 5.75 Å². The molecule has 0 radical (unpaired) electrons. The molecule has 0 atom stereocenters. The smallest absolute Gasteiger partial charge is 0.410 e. The fourth-order valence-electron chi connectivity index (χ4n) is 3.64. The van der Waals surface area contributed by atoms with Gasteiger partial charge in [-0.05, 0) is 41.5 Å². The first-order valence-corrected chi connectivity index (χ1v) is 9.30. The Bertz CT molecular complexity index is 1250. The number of benzene rings is 3. The van der Waals surface area contributed by atoms with Crippen LogP contribution in [0.3, 0.4) is 0 Å². The van der Waals surface area contributed by atoms with Gasteiger partial charge in [-0.2, -0.15) is 5.10 Å². The van der Waals surface area contributed by atoms with Gasteiger partial charge in [-0.1, -0.05) is 42.5 Å². The molecule has 0 fully saturated rings. The van der Waals surface area contributed by atoms with Crippen molar-refractivity contribution in [3.05, 3.63) is 94.3 Å². The molecule has 0 aliphatic carbocycles. The van der Waals surface area contributed by atoms with E-state index in [0.29, 0.717) is 29.9 Å². The first kappa shape index (κ1) is 17.2. The van der Waals surface area contributed by atoms with Gasteiger partial charge in [-0.3, -0.25) is 9.69 Å². The number of ether oxygens (including phenoxy) is 1. The largest absolute Gasteiger partial charge is 0.415 e. The summed E-state index contributed by atoms with van der Waals surface area (Å²) >= 11 is 0. The predicted molar refractivity (Wildman–Crippen MR) is 110 cm³/mol. The molecule has 4 aromatic rings. The monoisotopic (exact) mass is 383 g/mol. The van der Waals surface area contributed by atoms with Gasteiger partial charge in [-0.25, -0.2) is 9.89 Å². The third-order valence-electron chi connectivity index (χ3n) is 5.13. The molecular formula is C23H17N3O3. The van der Waals surface area contributed by atoms with Crippen molar-refractivity contribution in [2.45, 2.75) is 13.1 Å². The molecular weight excluding hydrogens is 366 g/mol. The van der Waals surface area contributed by atoms with Crippen molar-refractivity contribution >= 4 is 16.9 Å². The number of amides is 1. The Morgan fingerprint density at radius 2 is 1.48 bits per heavy atom. The van der Waals surface area contributed by atoms with E-state index in [1.807, 2.05) is 54.6 Å². The van der Waals surface area contributed by atoms with Crippen LogP contribution in [0.25, 0.3) is 22.0 Å². The van der Waals surface area contributed by atoms with E-state index in [9.17, 15) is 9.59 Å². The number of H-pyrrole nitrogens is 1. The Kier molecular flexibility index (Phi) is 4.09. The first-order valence-electron chi connectivity index (χ1n) is 9.30. The molecule has 0 saturated carbocycles. The average Bonchev–Trinajstić information content (AvgIpc) is 3.20. The molecule has 29 heavy (non-hydrogen) atoms. The highest BCUT2D eigenvalue weighted by Gasteiger charge is 2.24. The number of hydrogen-bond acceptors (Lipinski definition) is 4. The van der Waals surface area contributed by atoms with Crippen LogP contribution in [-0.4, -0.2) is 21.2 Å². The van der Waals surface area contributed by atoms with Crippen LogP contribution in [0.1, 0.15) is 11.1 Å². The Labute approximate surface area is 166 Å². The first-order chi connectivity index (χ1) is 14.2. The number of hydrogen-bond donors (Lipinski definition) is 1. The predicted octanol–water partition coefficient (Wildman–Crippen LogP) is 4.10. The van der Waals surface area contributed by atoms with E-state index in [1.54, 1.807) is 23.1 Å². The van der Waals surface area contributed by atoms with Gasteiger partial charge in [0.25, 0.3) is 5.56 Å². The summed E-state index contributed by atoms with van der Waals surface area (Å²) < 4.78 is 5.54. The van der Waals surface area contributed by atoms with Gasteiger partial charge in [0.05, 0.1) is 11.1 Å². The summed E-state index contributed by atoms with van der Waals surface area (Å²) in [4.78, 5) is 26.1. The molecule has 1 aliphatic heterocycles. The zero-order valence-corrected chi connectivity index (χ0v) is 15.5. The van der Waals surface area contributed by atoms with Crippen LogP contribution in [0.2, 0.25) is 0 Å². The summed E-state index contributed by atoms with van der Waals surface area (Å²) in [6.45, 7) is 1.11. The molecule has 3 aromatic carbocycles. The standard InChI is InChI=1S/C23H17N3O3/c27-22-20-8-4-3-7-19(20)21(24-25-22)15-9-11-18(12-10-15)29-23(28)26-13-16-5-1-2-6-17(16)14-26/h1-12H,13-14H2,(H,25,27). The summed E-state index contributed by atoms with van der Waals surface area (Å²) in [7, 11) is 0. The van der Waals surface area contributed by atoms with Gasteiger partial charge in [-0.15, -0.1) is 0 Å². The summed E-state index contributed by atoms with van der Waals surface area (Å²) in [5.74, 6) is 0.462. The van der Waals surface area contributed by atoms with E-state index in [0.717, 1.165) is 22.1 Å². The summed E-state index contributed by atoms with van der Waals surface area (Å²) in [5.41, 5.74) is 3.58. The second-order valence-electron chi connectivity index (χ2n) is 6.96. The number of carbonyl (C=O) groups is 1. The molecule has 6 nitrogen and oxygen atoms in total. The van der Waals surface area contributed by atoms with E-state index in [-0.39, 0.29) is 11.7 Å². The fourth-order valence-corrected chi connectivity index (χ4v) is 3.64. The minimum Gasteiger partial charge on any atom is -0.410 e. The van der Waals surface area contributed by atoms with Crippen LogP contribution >= 0.6 is 0 Å². The second-order valence-corrected chi connectivity index (χ2v) is 6.96. The quantitative estimate of drug-likeness (QED) is 0.565. The van der Waals surface area contributed by atoms with Gasteiger partial charge in [0, 0.05) is 24.0 Å². The van der Waals surface area contributed by atoms with Crippen molar-refractivity contribution in [1.29, 1.82) is 0 Å². The number of fused-ring (bicyclic) bond motifs is 2. The molecule has 0 spiro atoms. The summed E-state index contributed by atoms with van der Waals surface area (Å²) in [6.07, 6.45) is -0.374. The zero-order valence-electron chi connectivity index (χ0n) is 15.5. The number of carbonyl (C=O) groups excluding carboxylic acids is 1. The molecule has 1 amide bonds. The van der Waals surface area contributed by atoms with Crippen LogP contribution in [-0.2, 0) is 13.1 Å². The lowest BCUT2D eigenvalue weighted by molar-refractivity contribution is 0.152. The summed E-state index contributed by atoms with van der Waals surface area (Å²) in [6, 6.07) is 22.5. The van der Waals surface area contributed by atoms with Crippen LogP contribution in [0.15, 0.2) is 77.6 Å². The van der Waals surface area contributed by atoms with Crippen molar-refractivity contribution in [2.75, 3.05) is 0 Å². The van der Waals surface area contributed by atoms with Crippen LogP contribution in [0.4, 0.5) is 4.79 Å². The van der Waals surface area contributed by atoms with Crippen molar-refractivity contribution in [3.63, 3.8) is 0 Å². The van der Waals surface area contributed by atoms with E-state index >= 15 is 0 Å². The minimum absolute atomic E-state index is 0.221. The van der Waals surface area contributed by atoms with Crippen LogP contribution in [0, 0.1) is 0 Å². The average molecular weight is 383 g/mol. The highest BCUT2D eigenvalue weighted by molar-refractivity contribution is 5.93. The second kappa shape index (κ2) is 6.91. The van der Waals surface area contributed by atoms with Gasteiger partial charge in [0.15, 0.2) is 0 Å². The van der Waals surface area contributed by atoms with Crippen molar-refractivity contribution in [3.8, 4) is 17.0 Å². The number of aromatic nitrogens is 2. The maximum atomic E-state index is 12.5. The topological polar surface area (TPSA) is 75.3 Å². The lowest BCUT2D eigenvalue weighted by Gasteiger charge is -2.15. The van der Waals surface area contributed by atoms with E-state index < -0.39 is 0 Å². The lowest BCUT2D eigenvalue weighted by atomic mass is 10.1. The zero-order chi connectivity index (χ0) is 19.8. The lowest BCUT2D eigenvalue weighted by Crippen LogP contribution is -2.28. The maximum Gasteiger partial charge on any atom is 0.415 e. The normalized spacial score (nSPS) is 12.8. The fraction of sp³-hybridized carbons (Fsp3) is 0.0870. The van der Waals surface area contributed by atoms with E-state index in [2.05, 4.69) is 10.2 Å². The molecule has 1 aromatic heterocycles. The van der Waals surface area contributed by atoms with Crippen molar-refractivity contribution < 1.29 is 9.53 Å². The number of nitrogens with zero attached hydrogens (tertiary/aromatic N) is 2. The third kappa shape index (κ3) is 3.14. The molecule has 0 saturated heterocycles. The highest BCUT2D eigenvalue weighted by atomic mass is 16.6. The van der Waals surface area contributed by atoms with Gasteiger partial charge < -0.3 is 4.74 Å². The Morgan fingerprint density at radius 3 is 2.17 bits per heavy atom. The number of aromatic amines is 1. The van der Waals surface area contributed by atoms with Gasteiger partial charge in [0.2, 0.25) is 0 Å². The molecule has 0 unspecified atom stereocenters. The highest BCUT2D eigenvalue weighted by Crippen LogP contribution is 2.27. The van der Waals surface area contributed by atoms with Crippen LogP contribution < -0.4 is 10.3 Å². The van der Waals surface area contributed by atoms with Gasteiger partial charge >= 0.3 is 6.09 Å². The molecule has 142 valence electrons. The SMILES string of the molecule is O=C(Oc1ccc(-c2n[nH]c(=O)c3ccccc23)cc1)N1Cc2ccccc2C1. The van der Waals surface area contributed by atoms with Crippen molar-refractivity contribution in [2.24, 2.45) is 0 Å². The minimum atomic E-state index is -0.374. The number of rotatable bonds is 2.